The molecule has 3 N–H and O–H groups in total. The predicted octanol–water partition coefficient (Wildman–Crippen LogP) is -1.45. The number of hydrogen-bond acceptors (Lipinski definition) is 4. The molecule has 2 aliphatic heterocycles. The first-order valence-corrected chi connectivity index (χ1v) is 4.45. The van der Waals surface area contributed by atoms with E-state index in [-0.39, 0.29) is 30.9 Å². The monoisotopic (exact) mass is 173 g/mol. The number of hydrogen-bond donors (Lipinski definition) is 3. The van der Waals surface area contributed by atoms with Gasteiger partial charge in [-0.2, -0.15) is 0 Å². The van der Waals surface area contributed by atoms with Gasteiger partial charge in [0.25, 0.3) is 0 Å². The topological polar surface area (TPSA) is 63.9 Å². The lowest BCUT2D eigenvalue weighted by Crippen LogP contribution is -2.35. The molecule has 4 heteroatoms. The summed E-state index contributed by atoms with van der Waals surface area (Å²) < 4.78 is 0. The minimum atomic E-state index is -0.362. The van der Waals surface area contributed by atoms with Crippen molar-refractivity contribution in [1.82, 2.24) is 4.90 Å². The zero-order valence-electron chi connectivity index (χ0n) is 6.93. The van der Waals surface area contributed by atoms with E-state index in [0.29, 0.717) is 19.4 Å². The van der Waals surface area contributed by atoms with Crippen LogP contribution in [0.5, 0.6) is 0 Å². The Kier molecular flexibility index (Phi) is 2.08. The van der Waals surface area contributed by atoms with Crippen LogP contribution in [0.3, 0.4) is 0 Å². The van der Waals surface area contributed by atoms with Crippen molar-refractivity contribution in [2.45, 2.75) is 37.1 Å². The SMILES string of the molecule is OC[C@H]1C[C@H](O)[C@H]2C[C@@H](O)CN12. The molecule has 0 aromatic rings. The van der Waals surface area contributed by atoms with E-state index in [9.17, 15) is 10.2 Å². The van der Waals surface area contributed by atoms with Crippen molar-refractivity contribution in [2.75, 3.05) is 13.2 Å². The predicted molar refractivity (Wildman–Crippen MR) is 42.6 cm³/mol. The van der Waals surface area contributed by atoms with E-state index < -0.39 is 0 Å². The number of rotatable bonds is 1. The molecule has 0 spiro atoms. The van der Waals surface area contributed by atoms with Crippen molar-refractivity contribution in [3.05, 3.63) is 0 Å². The molecule has 2 saturated heterocycles. The maximum absolute atomic E-state index is 9.55. The van der Waals surface area contributed by atoms with Crippen molar-refractivity contribution in [1.29, 1.82) is 0 Å². The Bertz CT molecular complexity index is 176. The van der Waals surface area contributed by atoms with E-state index in [0.717, 1.165) is 0 Å². The summed E-state index contributed by atoms with van der Waals surface area (Å²) in [6, 6.07) is 0.138. The fraction of sp³-hybridized carbons (Fsp3) is 1.00. The van der Waals surface area contributed by atoms with Crippen molar-refractivity contribution < 1.29 is 15.3 Å². The molecule has 12 heavy (non-hydrogen) atoms. The second-order valence-corrected chi connectivity index (χ2v) is 3.79. The molecule has 2 fully saturated rings. The summed E-state index contributed by atoms with van der Waals surface area (Å²) in [5.41, 5.74) is 0. The third-order valence-corrected chi connectivity index (χ3v) is 3.00. The van der Waals surface area contributed by atoms with E-state index in [2.05, 4.69) is 0 Å². The van der Waals surface area contributed by atoms with Crippen molar-refractivity contribution in [3.63, 3.8) is 0 Å². The first-order valence-electron chi connectivity index (χ1n) is 4.45. The first-order chi connectivity index (χ1) is 5.72. The van der Waals surface area contributed by atoms with Gasteiger partial charge in [-0.25, -0.2) is 0 Å². The fourth-order valence-corrected chi connectivity index (χ4v) is 2.42. The normalized spacial score (nSPS) is 48.2. The molecule has 0 aromatic heterocycles. The molecule has 2 aliphatic rings. The highest BCUT2D eigenvalue weighted by molar-refractivity contribution is 5.00. The highest BCUT2D eigenvalue weighted by Crippen LogP contribution is 2.32. The van der Waals surface area contributed by atoms with Crippen LogP contribution in [-0.4, -0.2) is 57.7 Å². The second kappa shape index (κ2) is 2.96. The summed E-state index contributed by atoms with van der Waals surface area (Å²) in [7, 11) is 0. The van der Waals surface area contributed by atoms with E-state index in [4.69, 9.17) is 5.11 Å². The minimum absolute atomic E-state index is 0.0575. The highest BCUT2D eigenvalue weighted by Gasteiger charge is 2.45. The van der Waals surface area contributed by atoms with Crippen molar-refractivity contribution >= 4 is 0 Å². The van der Waals surface area contributed by atoms with E-state index in [1.54, 1.807) is 0 Å². The molecule has 4 nitrogen and oxygen atoms in total. The van der Waals surface area contributed by atoms with Gasteiger partial charge < -0.3 is 15.3 Å². The lowest BCUT2D eigenvalue weighted by molar-refractivity contribution is 0.126. The maximum Gasteiger partial charge on any atom is 0.0712 e. The molecule has 4 atom stereocenters. The number of aliphatic hydroxyl groups excluding tert-OH is 3. The molecule has 0 radical (unpaired) electrons. The number of nitrogens with zero attached hydrogens (tertiary/aromatic N) is 1. The van der Waals surface area contributed by atoms with Crippen LogP contribution >= 0.6 is 0 Å². The summed E-state index contributed by atoms with van der Waals surface area (Å²) in [6.07, 6.45) is 0.615. The summed E-state index contributed by atoms with van der Waals surface area (Å²) in [6.45, 7) is 0.688. The minimum Gasteiger partial charge on any atom is -0.395 e. The summed E-state index contributed by atoms with van der Waals surface area (Å²) >= 11 is 0. The standard InChI is InChI=1S/C8H15NO3/c10-4-5-1-8(12)7-2-6(11)3-9(5)7/h5-8,10-12H,1-4H2/t5-,6-,7-,8+/m1/s1. The summed E-state index contributed by atoms with van der Waals surface area (Å²) in [5.74, 6) is 0. The van der Waals surface area contributed by atoms with Gasteiger partial charge in [0, 0.05) is 18.6 Å². The molecular weight excluding hydrogens is 158 g/mol. The molecule has 70 valence electrons. The van der Waals surface area contributed by atoms with Gasteiger partial charge in [0.15, 0.2) is 0 Å². The van der Waals surface area contributed by atoms with Gasteiger partial charge in [0.1, 0.15) is 0 Å². The quantitative estimate of drug-likeness (QED) is 0.454. The molecule has 0 saturated carbocycles. The van der Waals surface area contributed by atoms with Crippen LogP contribution in [-0.2, 0) is 0 Å². The summed E-state index contributed by atoms with van der Waals surface area (Å²) in [4.78, 5) is 2.02. The van der Waals surface area contributed by atoms with Gasteiger partial charge in [-0.1, -0.05) is 0 Å². The van der Waals surface area contributed by atoms with Crippen LogP contribution < -0.4 is 0 Å². The van der Waals surface area contributed by atoms with Crippen LogP contribution in [0.15, 0.2) is 0 Å². The van der Waals surface area contributed by atoms with Crippen LogP contribution in [0.4, 0.5) is 0 Å². The van der Waals surface area contributed by atoms with Crippen LogP contribution in [0.1, 0.15) is 12.8 Å². The molecule has 0 unspecified atom stereocenters. The van der Waals surface area contributed by atoms with Gasteiger partial charge in [0.05, 0.1) is 18.8 Å². The number of fused-ring (bicyclic) bond motifs is 1. The van der Waals surface area contributed by atoms with E-state index in [1.807, 2.05) is 4.90 Å². The Hall–Kier alpha value is -0.160. The molecule has 2 rings (SSSR count). The molecule has 2 heterocycles. The van der Waals surface area contributed by atoms with Crippen LogP contribution in [0.2, 0.25) is 0 Å². The van der Waals surface area contributed by atoms with Crippen molar-refractivity contribution in [2.24, 2.45) is 0 Å². The molecular formula is C8H15NO3. The summed E-state index contributed by atoms with van der Waals surface area (Å²) in [5, 5.41) is 27.9. The fourth-order valence-electron chi connectivity index (χ4n) is 2.42. The van der Waals surface area contributed by atoms with Gasteiger partial charge >= 0.3 is 0 Å². The van der Waals surface area contributed by atoms with Crippen molar-refractivity contribution in [3.8, 4) is 0 Å². The largest absolute Gasteiger partial charge is 0.395 e. The highest BCUT2D eigenvalue weighted by atomic mass is 16.3. The van der Waals surface area contributed by atoms with Gasteiger partial charge in [-0.3, -0.25) is 4.90 Å². The molecule has 0 aliphatic carbocycles. The lowest BCUT2D eigenvalue weighted by Gasteiger charge is -2.21. The Balaban J connectivity index is 2.08. The Morgan fingerprint density at radius 1 is 1.25 bits per heavy atom. The third kappa shape index (κ3) is 1.15. The zero-order chi connectivity index (χ0) is 8.72. The third-order valence-electron chi connectivity index (χ3n) is 3.00. The second-order valence-electron chi connectivity index (χ2n) is 3.79. The average Bonchev–Trinajstić information content (AvgIpc) is 2.52. The lowest BCUT2D eigenvalue weighted by atomic mass is 10.1. The Labute approximate surface area is 71.4 Å². The zero-order valence-corrected chi connectivity index (χ0v) is 6.93. The first kappa shape index (κ1) is 8.44. The van der Waals surface area contributed by atoms with Gasteiger partial charge in [-0.05, 0) is 12.8 Å². The average molecular weight is 173 g/mol. The van der Waals surface area contributed by atoms with Crippen LogP contribution in [0, 0.1) is 0 Å². The van der Waals surface area contributed by atoms with Gasteiger partial charge in [0.2, 0.25) is 0 Å². The Morgan fingerprint density at radius 2 is 2.00 bits per heavy atom. The molecule has 0 amide bonds. The number of aliphatic hydroxyl groups is 3. The van der Waals surface area contributed by atoms with Crippen LogP contribution in [0.25, 0.3) is 0 Å². The van der Waals surface area contributed by atoms with Gasteiger partial charge in [-0.15, -0.1) is 0 Å². The van der Waals surface area contributed by atoms with E-state index in [1.165, 1.54) is 0 Å². The smallest absolute Gasteiger partial charge is 0.0712 e. The molecule has 0 bridgehead atoms. The molecule has 0 aromatic carbocycles. The Morgan fingerprint density at radius 3 is 2.67 bits per heavy atom. The van der Waals surface area contributed by atoms with E-state index >= 15 is 0 Å². The maximum atomic E-state index is 9.55.